The SMILES string of the molecule is Cc1nn(-c2ccccc2)c2nc3c(c(-c4ccccc4)c12)CCc1ccccc1-3. The van der Waals surface area contributed by atoms with E-state index in [1.807, 2.05) is 22.9 Å². The highest BCUT2D eigenvalue weighted by atomic mass is 15.3. The third-order valence-electron chi connectivity index (χ3n) is 6.07. The van der Waals surface area contributed by atoms with Crippen LogP contribution in [0.3, 0.4) is 0 Å². The summed E-state index contributed by atoms with van der Waals surface area (Å²) in [5, 5.41) is 6.08. The fourth-order valence-electron chi connectivity index (χ4n) is 4.72. The molecule has 0 unspecified atom stereocenters. The lowest BCUT2D eigenvalue weighted by atomic mass is 9.83. The Morgan fingerprint density at radius 2 is 1.47 bits per heavy atom. The van der Waals surface area contributed by atoms with Crippen molar-refractivity contribution in [2.75, 3.05) is 0 Å². The molecule has 2 aromatic heterocycles. The van der Waals surface area contributed by atoms with Crippen molar-refractivity contribution >= 4 is 11.0 Å². The van der Waals surface area contributed by atoms with Gasteiger partial charge in [0.1, 0.15) is 0 Å². The largest absolute Gasteiger partial charge is 0.228 e. The average molecular weight is 387 g/mol. The van der Waals surface area contributed by atoms with Gasteiger partial charge in [0.05, 0.1) is 22.5 Å². The van der Waals surface area contributed by atoms with Crippen LogP contribution in [0.15, 0.2) is 84.9 Å². The molecule has 3 heteroatoms. The fourth-order valence-corrected chi connectivity index (χ4v) is 4.72. The highest BCUT2D eigenvalue weighted by molar-refractivity contribution is 6.00. The topological polar surface area (TPSA) is 30.7 Å². The van der Waals surface area contributed by atoms with Gasteiger partial charge in [0, 0.05) is 5.56 Å². The van der Waals surface area contributed by atoms with Crippen LogP contribution < -0.4 is 0 Å². The minimum atomic E-state index is 0.924. The molecule has 0 bridgehead atoms. The first-order valence-corrected chi connectivity index (χ1v) is 10.4. The maximum Gasteiger partial charge on any atom is 0.164 e. The fraction of sp³-hybridized carbons (Fsp3) is 0.111. The molecule has 3 nitrogen and oxygen atoms in total. The highest BCUT2D eigenvalue weighted by Gasteiger charge is 2.26. The van der Waals surface area contributed by atoms with E-state index in [0.717, 1.165) is 41.0 Å². The second-order valence-corrected chi connectivity index (χ2v) is 7.87. The van der Waals surface area contributed by atoms with Crippen LogP contribution in [0.1, 0.15) is 16.8 Å². The number of hydrogen-bond donors (Lipinski definition) is 0. The van der Waals surface area contributed by atoms with Gasteiger partial charge in [-0.1, -0.05) is 72.8 Å². The molecular weight excluding hydrogens is 366 g/mol. The van der Waals surface area contributed by atoms with Crippen LogP contribution in [-0.2, 0) is 12.8 Å². The summed E-state index contributed by atoms with van der Waals surface area (Å²) in [6.07, 6.45) is 2.04. The zero-order valence-corrected chi connectivity index (χ0v) is 16.8. The predicted octanol–water partition coefficient (Wildman–Crippen LogP) is 6.16. The van der Waals surface area contributed by atoms with E-state index in [0.29, 0.717) is 0 Å². The van der Waals surface area contributed by atoms with Gasteiger partial charge in [-0.15, -0.1) is 0 Å². The number of nitrogens with zero attached hydrogens (tertiary/aromatic N) is 3. The molecule has 0 radical (unpaired) electrons. The molecule has 0 saturated carbocycles. The summed E-state index contributed by atoms with van der Waals surface area (Å²) in [6, 6.07) is 29.7. The first-order chi connectivity index (χ1) is 14.8. The number of benzene rings is 3. The molecule has 6 rings (SSSR count). The van der Waals surface area contributed by atoms with Crippen molar-refractivity contribution in [3.05, 3.63) is 102 Å². The van der Waals surface area contributed by atoms with E-state index in [4.69, 9.17) is 10.1 Å². The van der Waals surface area contributed by atoms with Gasteiger partial charge in [-0.25, -0.2) is 9.67 Å². The summed E-state index contributed by atoms with van der Waals surface area (Å²) in [5.74, 6) is 0. The maximum atomic E-state index is 5.24. The molecule has 0 N–H and O–H groups in total. The molecule has 3 aromatic carbocycles. The summed E-state index contributed by atoms with van der Waals surface area (Å²) in [7, 11) is 0. The zero-order valence-electron chi connectivity index (χ0n) is 16.8. The van der Waals surface area contributed by atoms with E-state index in [1.54, 1.807) is 0 Å². The molecule has 0 spiro atoms. The number of aromatic nitrogens is 3. The van der Waals surface area contributed by atoms with Crippen molar-refractivity contribution in [3.63, 3.8) is 0 Å². The Bertz CT molecular complexity index is 1380. The molecule has 144 valence electrons. The maximum absolute atomic E-state index is 5.24. The predicted molar refractivity (Wildman–Crippen MR) is 122 cm³/mol. The molecule has 0 fully saturated rings. The number of hydrogen-bond acceptors (Lipinski definition) is 2. The molecule has 2 heterocycles. The molecule has 0 aliphatic heterocycles. The Kier molecular flexibility index (Phi) is 3.81. The lowest BCUT2D eigenvalue weighted by molar-refractivity contribution is 0.875. The zero-order chi connectivity index (χ0) is 20.1. The average Bonchev–Trinajstić information content (AvgIpc) is 3.15. The van der Waals surface area contributed by atoms with E-state index < -0.39 is 0 Å². The normalized spacial score (nSPS) is 12.6. The van der Waals surface area contributed by atoms with Gasteiger partial charge in [-0.05, 0) is 54.2 Å². The quantitative estimate of drug-likeness (QED) is 0.363. The monoisotopic (exact) mass is 387 g/mol. The smallest absolute Gasteiger partial charge is 0.164 e. The van der Waals surface area contributed by atoms with Crippen molar-refractivity contribution in [1.82, 2.24) is 14.8 Å². The molecule has 30 heavy (non-hydrogen) atoms. The first kappa shape index (κ1) is 17.2. The summed E-state index contributed by atoms with van der Waals surface area (Å²) in [4.78, 5) is 5.24. The van der Waals surface area contributed by atoms with Crippen LogP contribution in [0, 0.1) is 6.92 Å². The molecule has 0 amide bonds. The summed E-state index contributed by atoms with van der Waals surface area (Å²) < 4.78 is 1.99. The lowest BCUT2D eigenvalue weighted by Crippen LogP contribution is -2.09. The molecule has 1 aliphatic carbocycles. The molecule has 5 aromatic rings. The Balaban J connectivity index is 1.77. The second-order valence-electron chi connectivity index (χ2n) is 7.87. The van der Waals surface area contributed by atoms with Gasteiger partial charge in [-0.3, -0.25) is 0 Å². The molecule has 1 aliphatic rings. The van der Waals surface area contributed by atoms with Crippen LogP contribution in [0.4, 0.5) is 0 Å². The highest BCUT2D eigenvalue weighted by Crippen LogP contribution is 2.42. The van der Waals surface area contributed by atoms with Gasteiger partial charge in [-0.2, -0.15) is 5.10 Å². The molecule has 0 saturated heterocycles. The number of rotatable bonds is 2. The number of fused-ring (bicyclic) bond motifs is 4. The van der Waals surface area contributed by atoms with Crippen LogP contribution in [0.25, 0.3) is 39.1 Å². The number of aryl methyl sites for hydroxylation is 2. The van der Waals surface area contributed by atoms with Gasteiger partial charge >= 0.3 is 0 Å². The van der Waals surface area contributed by atoms with E-state index in [9.17, 15) is 0 Å². The van der Waals surface area contributed by atoms with E-state index in [-0.39, 0.29) is 0 Å². The first-order valence-electron chi connectivity index (χ1n) is 10.4. The summed E-state index contributed by atoms with van der Waals surface area (Å²) in [6.45, 7) is 2.10. The third kappa shape index (κ3) is 2.52. The number of para-hydroxylation sites is 1. The van der Waals surface area contributed by atoms with Crippen molar-refractivity contribution < 1.29 is 0 Å². The Morgan fingerprint density at radius 1 is 0.767 bits per heavy atom. The van der Waals surface area contributed by atoms with Crippen LogP contribution in [0.5, 0.6) is 0 Å². The Labute approximate surface area is 175 Å². The Hall–Kier alpha value is -3.72. The van der Waals surface area contributed by atoms with Crippen LogP contribution >= 0.6 is 0 Å². The molecular formula is C27H21N3. The second kappa shape index (κ2) is 6.67. The third-order valence-corrected chi connectivity index (χ3v) is 6.07. The minimum Gasteiger partial charge on any atom is -0.228 e. The van der Waals surface area contributed by atoms with Gasteiger partial charge in [0.2, 0.25) is 0 Å². The Morgan fingerprint density at radius 3 is 2.27 bits per heavy atom. The van der Waals surface area contributed by atoms with E-state index >= 15 is 0 Å². The van der Waals surface area contributed by atoms with Gasteiger partial charge < -0.3 is 0 Å². The summed E-state index contributed by atoms with van der Waals surface area (Å²) >= 11 is 0. The lowest BCUT2D eigenvalue weighted by Gasteiger charge is -2.23. The number of pyridine rings is 1. The van der Waals surface area contributed by atoms with E-state index in [2.05, 4.69) is 73.7 Å². The summed E-state index contributed by atoms with van der Waals surface area (Å²) in [5.41, 5.74) is 10.5. The van der Waals surface area contributed by atoms with Crippen LogP contribution in [-0.4, -0.2) is 14.8 Å². The van der Waals surface area contributed by atoms with Crippen molar-refractivity contribution in [3.8, 4) is 28.1 Å². The van der Waals surface area contributed by atoms with E-state index in [1.165, 1.54) is 27.8 Å². The van der Waals surface area contributed by atoms with Crippen molar-refractivity contribution in [1.29, 1.82) is 0 Å². The van der Waals surface area contributed by atoms with Gasteiger partial charge in [0.25, 0.3) is 0 Å². The molecule has 0 atom stereocenters. The van der Waals surface area contributed by atoms with Crippen molar-refractivity contribution in [2.45, 2.75) is 19.8 Å². The minimum absolute atomic E-state index is 0.924. The van der Waals surface area contributed by atoms with Gasteiger partial charge in [0.15, 0.2) is 5.65 Å². The van der Waals surface area contributed by atoms with Crippen molar-refractivity contribution in [2.24, 2.45) is 0 Å². The standard InChI is InChI=1S/C27H21N3/c1-18-24-25(20-11-4-2-5-12-20)23-17-16-19-10-8-9-15-22(19)26(23)28-27(24)30(29-18)21-13-6-3-7-14-21/h2-15H,16-17H2,1H3. The van der Waals surface area contributed by atoms with Crippen LogP contribution in [0.2, 0.25) is 0 Å².